The molecule has 2 aromatic heterocycles. The molecule has 1 N–H and O–H groups in total. The average molecular weight is 401 g/mol. The van der Waals surface area contributed by atoms with Crippen LogP contribution in [-0.4, -0.2) is 20.0 Å². The molecule has 4 aromatic rings. The first kappa shape index (κ1) is 19.3. The van der Waals surface area contributed by atoms with Gasteiger partial charge < -0.3 is 9.84 Å². The number of pyridine rings is 1. The van der Waals surface area contributed by atoms with Gasteiger partial charge in [0.1, 0.15) is 5.69 Å². The minimum absolute atomic E-state index is 0.0440. The van der Waals surface area contributed by atoms with Crippen LogP contribution >= 0.6 is 0 Å². The first-order chi connectivity index (χ1) is 14.7. The Morgan fingerprint density at radius 2 is 1.83 bits per heavy atom. The number of nitrogens with one attached hydrogen (secondary N) is 1. The van der Waals surface area contributed by atoms with Crippen molar-refractivity contribution in [3.05, 3.63) is 88.7 Å². The summed E-state index contributed by atoms with van der Waals surface area (Å²) in [6.45, 7) is 2.03. The van der Waals surface area contributed by atoms with Gasteiger partial charge in [-0.1, -0.05) is 42.4 Å². The fourth-order valence-electron chi connectivity index (χ4n) is 3.19. The van der Waals surface area contributed by atoms with Crippen molar-refractivity contribution in [1.82, 2.24) is 15.1 Å². The molecule has 0 saturated heterocycles. The van der Waals surface area contributed by atoms with Crippen molar-refractivity contribution in [2.24, 2.45) is 0 Å². The van der Waals surface area contributed by atoms with Gasteiger partial charge in [0, 0.05) is 29.6 Å². The number of nitro groups is 1. The van der Waals surface area contributed by atoms with Gasteiger partial charge in [-0.15, -0.1) is 0 Å². The number of benzene rings is 2. The fraction of sp³-hybridized carbons (Fsp3) is 0.136. The molecule has 4 rings (SSSR count). The third-order valence-electron chi connectivity index (χ3n) is 4.75. The SMILES string of the molecule is CC[C@H](Nc1ccc(-c2nc(-c3ccncc3)no2)cc1[N+](=O)[O-])c1ccccc1. The van der Waals surface area contributed by atoms with Crippen molar-refractivity contribution >= 4 is 11.4 Å². The van der Waals surface area contributed by atoms with Gasteiger partial charge in [0.25, 0.3) is 11.6 Å². The highest BCUT2D eigenvalue weighted by atomic mass is 16.6. The lowest BCUT2D eigenvalue weighted by atomic mass is 10.0. The van der Waals surface area contributed by atoms with Crippen LogP contribution in [0, 0.1) is 10.1 Å². The van der Waals surface area contributed by atoms with Gasteiger partial charge >= 0.3 is 0 Å². The van der Waals surface area contributed by atoms with Crippen LogP contribution in [-0.2, 0) is 0 Å². The summed E-state index contributed by atoms with van der Waals surface area (Å²) in [5, 5.41) is 19.0. The molecular formula is C22H19N5O3. The van der Waals surface area contributed by atoms with Gasteiger partial charge in [0.15, 0.2) is 0 Å². The lowest BCUT2D eigenvalue weighted by molar-refractivity contribution is -0.383. The Hall–Kier alpha value is -4.07. The Balaban J connectivity index is 1.64. The Labute approximate surface area is 172 Å². The molecule has 0 bridgehead atoms. The second-order valence-electron chi connectivity index (χ2n) is 6.66. The van der Waals surface area contributed by atoms with Crippen molar-refractivity contribution in [2.45, 2.75) is 19.4 Å². The van der Waals surface area contributed by atoms with E-state index >= 15 is 0 Å². The van der Waals surface area contributed by atoms with E-state index in [0.29, 0.717) is 17.1 Å². The van der Waals surface area contributed by atoms with Crippen molar-refractivity contribution < 1.29 is 9.45 Å². The maximum absolute atomic E-state index is 11.7. The molecule has 150 valence electrons. The largest absolute Gasteiger partial charge is 0.373 e. The van der Waals surface area contributed by atoms with Crippen molar-refractivity contribution in [3.63, 3.8) is 0 Å². The minimum Gasteiger partial charge on any atom is -0.373 e. The highest BCUT2D eigenvalue weighted by molar-refractivity contribution is 5.71. The van der Waals surface area contributed by atoms with Gasteiger partial charge in [-0.3, -0.25) is 15.1 Å². The van der Waals surface area contributed by atoms with Gasteiger partial charge in [0.2, 0.25) is 5.82 Å². The van der Waals surface area contributed by atoms with Crippen molar-refractivity contribution in [3.8, 4) is 22.8 Å². The highest BCUT2D eigenvalue weighted by Crippen LogP contribution is 2.33. The number of hydrogen-bond acceptors (Lipinski definition) is 7. The molecule has 8 heteroatoms. The summed E-state index contributed by atoms with van der Waals surface area (Å²) >= 11 is 0. The van der Waals surface area contributed by atoms with E-state index in [0.717, 1.165) is 17.5 Å². The molecule has 0 aliphatic heterocycles. The van der Waals surface area contributed by atoms with E-state index in [-0.39, 0.29) is 17.6 Å². The highest BCUT2D eigenvalue weighted by Gasteiger charge is 2.21. The zero-order chi connectivity index (χ0) is 20.9. The Morgan fingerprint density at radius 3 is 2.53 bits per heavy atom. The number of rotatable bonds is 7. The molecule has 0 fully saturated rings. The second kappa shape index (κ2) is 8.52. The molecule has 2 heterocycles. The molecule has 0 unspecified atom stereocenters. The number of aromatic nitrogens is 3. The first-order valence-corrected chi connectivity index (χ1v) is 9.50. The quantitative estimate of drug-likeness (QED) is 0.332. The van der Waals surface area contributed by atoms with E-state index in [2.05, 4.69) is 20.4 Å². The summed E-state index contributed by atoms with van der Waals surface area (Å²) < 4.78 is 5.33. The van der Waals surface area contributed by atoms with E-state index < -0.39 is 4.92 Å². The van der Waals surface area contributed by atoms with Gasteiger partial charge in [0.05, 0.1) is 11.0 Å². The lowest BCUT2D eigenvalue weighted by Gasteiger charge is -2.18. The Kier molecular flexibility index (Phi) is 5.47. The molecule has 0 radical (unpaired) electrons. The van der Waals surface area contributed by atoms with Crippen LogP contribution < -0.4 is 5.32 Å². The maximum atomic E-state index is 11.7. The molecule has 30 heavy (non-hydrogen) atoms. The zero-order valence-corrected chi connectivity index (χ0v) is 16.2. The maximum Gasteiger partial charge on any atom is 0.293 e. The summed E-state index contributed by atoms with van der Waals surface area (Å²) in [4.78, 5) is 19.6. The molecule has 1 atom stereocenters. The second-order valence-corrected chi connectivity index (χ2v) is 6.66. The van der Waals surface area contributed by atoms with Crippen LogP contribution in [0.15, 0.2) is 77.6 Å². The first-order valence-electron chi connectivity index (χ1n) is 9.50. The lowest BCUT2D eigenvalue weighted by Crippen LogP contribution is -2.11. The average Bonchev–Trinajstić information content (AvgIpc) is 3.29. The topological polar surface area (TPSA) is 107 Å². The fourth-order valence-corrected chi connectivity index (χ4v) is 3.19. The van der Waals surface area contributed by atoms with Crippen LogP contribution in [0.25, 0.3) is 22.8 Å². The van der Waals surface area contributed by atoms with E-state index in [1.54, 1.807) is 36.7 Å². The number of anilines is 1. The Morgan fingerprint density at radius 1 is 1.07 bits per heavy atom. The van der Waals surface area contributed by atoms with Gasteiger partial charge in [-0.05, 0) is 36.2 Å². The predicted octanol–water partition coefficient (Wildman–Crippen LogP) is 5.27. The molecule has 0 aliphatic carbocycles. The Bertz CT molecular complexity index is 1150. The third kappa shape index (κ3) is 4.02. The van der Waals surface area contributed by atoms with Crippen molar-refractivity contribution in [1.29, 1.82) is 0 Å². The zero-order valence-electron chi connectivity index (χ0n) is 16.2. The van der Waals surface area contributed by atoms with E-state index in [9.17, 15) is 10.1 Å². The summed E-state index contributed by atoms with van der Waals surface area (Å²) in [6, 6.07) is 18.2. The summed E-state index contributed by atoms with van der Waals surface area (Å²) in [6.07, 6.45) is 4.04. The smallest absolute Gasteiger partial charge is 0.293 e. The summed E-state index contributed by atoms with van der Waals surface area (Å²) in [7, 11) is 0. The van der Waals surface area contributed by atoms with Crippen LogP contribution in [0.5, 0.6) is 0 Å². The standard InChI is InChI=1S/C22H19N5O3/c1-2-18(15-6-4-3-5-7-15)24-19-9-8-17(14-20(19)27(28)29)22-25-21(26-30-22)16-10-12-23-13-11-16/h3-14,18,24H,2H2,1H3/t18-/m0/s1. The summed E-state index contributed by atoms with van der Waals surface area (Å²) in [5.41, 5.74) is 2.69. The van der Waals surface area contributed by atoms with Crippen LogP contribution in [0.3, 0.4) is 0 Å². The van der Waals surface area contributed by atoms with Gasteiger partial charge in [-0.2, -0.15) is 4.98 Å². The number of nitro benzene ring substituents is 1. The molecular weight excluding hydrogens is 382 g/mol. The third-order valence-corrected chi connectivity index (χ3v) is 4.75. The number of hydrogen-bond donors (Lipinski definition) is 1. The van der Waals surface area contributed by atoms with Gasteiger partial charge in [-0.25, -0.2) is 0 Å². The van der Waals surface area contributed by atoms with Crippen LogP contribution in [0.2, 0.25) is 0 Å². The molecule has 0 spiro atoms. The summed E-state index contributed by atoms with van der Waals surface area (Å²) in [5.74, 6) is 0.610. The monoisotopic (exact) mass is 401 g/mol. The molecule has 0 amide bonds. The van der Waals surface area contributed by atoms with E-state index in [1.807, 2.05) is 37.3 Å². The van der Waals surface area contributed by atoms with Crippen molar-refractivity contribution in [2.75, 3.05) is 5.32 Å². The molecule has 0 aliphatic rings. The van der Waals surface area contributed by atoms with E-state index in [1.165, 1.54) is 6.07 Å². The normalized spacial score (nSPS) is 11.8. The van der Waals surface area contributed by atoms with Crippen LogP contribution in [0.4, 0.5) is 11.4 Å². The number of nitrogens with zero attached hydrogens (tertiary/aromatic N) is 4. The van der Waals surface area contributed by atoms with Crippen LogP contribution in [0.1, 0.15) is 24.9 Å². The molecule has 2 aromatic carbocycles. The minimum atomic E-state index is -0.413. The predicted molar refractivity (Wildman–Crippen MR) is 113 cm³/mol. The van der Waals surface area contributed by atoms with E-state index in [4.69, 9.17) is 4.52 Å². The molecule has 0 saturated carbocycles. The molecule has 8 nitrogen and oxygen atoms in total.